The first-order valence-corrected chi connectivity index (χ1v) is 15.1. The van der Waals surface area contributed by atoms with E-state index in [1.54, 1.807) is 9.80 Å². The van der Waals surface area contributed by atoms with Gasteiger partial charge in [0.25, 0.3) is 11.7 Å². The number of urea groups is 2. The molecule has 8 heteroatoms. The smallest absolute Gasteiger partial charge is 0.330 e. The number of unbranched alkanes of at least 4 members (excludes halogenated alkanes) is 1. The number of nitrogens with one attached hydrogen (secondary N) is 1. The summed E-state index contributed by atoms with van der Waals surface area (Å²) in [5.74, 6) is -1.46. The van der Waals surface area contributed by atoms with Crippen molar-refractivity contribution in [3.63, 3.8) is 0 Å². The van der Waals surface area contributed by atoms with E-state index in [0.717, 1.165) is 96.4 Å². The standard InChI is InChI=1S/C28H47N5O3/c1-2-3-19-30-20-21-31(26(35)29-22-13-7-4-8-14-22)28(30)25(34)32(23-15-9-5-10-16-23)27(36)33(28)24-17-11-6-12-18-24/h22-24H,2-21H2,1H3,(H,29,35). The average molecular weight is 502 g/mol. The summed E-state index contributed by atoms with van der Waals surface area (Å²) in [5.41, 5.74) is 0. The third kappa shape index (κ3) is 4.52. The van der Waals surface area contributed by atoms with Crippen LogP contribution < -0.4 is 5.32 Å². The van der Waals surface area contributed by atoms with E-state index in [2.05, 4.69) is 17.1 Å². The van der Waals surface area contributed by atoms with E-state index in [1.807, 2.05) is 4.90 Å². The van der Waals surface area contributed by atoms with Crippen molar-refractivity contribution in [2.24, 2.45) is 0 Å². The molecule has 36 heavy (non-hydrogen) atoms. The molecule has 202 valence electrons. The summed E-state index contributed by atoms with van der Waals surface area (Å²) < 4.78 is 0. The molecule has 5 fully saturated rings. The van der Waals surface area contributed by atoms with Gasteiger partial charge in [-0.2, -0.15) is 0 Å². The van der Waals surface area contributed by atoms with Gasteiger partial charge in [-0.3, -0.25) is 24.4 Å². The summed E-state index contributed by atoms with van der Waals surface area (Å²) in [7, 11) is 0. The third-order valence-electron chi connectivity index (χ3n) is 9.50. The quantitative estimate of drug-likeness (QED) is 0.518. The Kier molecular flexibility index (Phi) is 8.08. The van der Waals surface area contributed by atoms with E-state index in [-0.39, 0.29) is 36.1 Å². The Morgan fingerprint density at radius 2 is 1.42 bits per heavy atom. The number of carbonyl (C=O) groups excluding carboxylic acids is 3. The fraction of sp³-hybridized carbons (Fsp3) is 0.893. The monoisotopic (exact) mass is 501 g/mol. The molecule has 0 aromatic heterocycles. The van der Waals surface area contributed by atoms with Gasteiger partial charge in [0, 0.05) is 37.8 Å². The largest absolute Gasteiger partial charge is 0.335 e. The topological polar surface area (TPSA) is 76.2 Å². The van der Waals surface area contributed by atoms with Gasteiger partial charge >= 0.3 is 12.1 Å². The number of rotatable bonds is 6. The maximum absolute atomic E-state index is 14.7. The molecule has 3 aliphatic carbocycles. The number of imide groups is 1. The van der Waals surface area contributed by atoms with Gasteiger partial charge in [0.1, 0.15) is 0 Å². The Morgan fingerprint density at radius 3 is 2.03 bits per heavy atom. The lowest BCUT2D eigenvalue weighted by Crippen LogP contribution is -2.71. The van der Waals surface area contributed by atoms with E-state index in [1.165, 1.54) is 19.3 Å². The normalized spacial score (nSPS) is 29.6. The predicted octanol–water partition coefficient (Wildman–Crippen LogP) is 5.03. The lowest BCUT2D eigenvalue weighted by molar-refractivity contribution is -0.156. The molecule has 5 rings (SSSR count). The summed E-state index contributed by atoms with van der Waals surface area (Å²) in [4.78, 5) is 50.4. The molecule has 5 aliphatic rings. The van der Waals surface area contributed by atoms with Gasteiger partial charge in [-0.15, -0.1) is 0 Å². The minimum atomic E-state index is -1.30. The first kappa shape index (κ1) is 25.8. The van der Waals surface area contributed by atoms with Crippen LogP contribution in [0.2, 0.25) is 0 Å². The molecule has 0 bridgehead atoms. The maximum atomic E-state index is 14.7. The maximum Gasteiger partial charge on any atom is 0.330 e. The summed E-state index contributed by atoms with van der Waals surface area (Å²) in [5, 5.41) is 3.29. The molecule has 2 aliphatic heterocycles. The Labute approximate surface area is 217 Å². The number of nitrogens with zero attached hydrogens (tertiary/aromatic N) is 4. The van der Waals surface area contributed by atoms with E-state index in [0.29, 0.717) is 13.1 Å². The molecule has 8 nitrogen and oxygen atoms in total. The molecule has 1 N–H and O–H groups in total. The second kappa shape index (κ2) is 11.3. The van der Waals surface area contributed by atoms with Crippen molar-refractivity contribution in [3.05, 3.63) is 0 Å². The highest BCUT2D eigenvalue weighted by atomic mass is 16.2. The van der Waals surface area contributed by atoms with Crippen LogP contribution in [0.5, 0.6) is 0 Å². The van der Waals surface area contributed by atoms with Crippen LogP contribution in [0.4, 0.5) is 9.59 Å². The van der Waals surface area contributed by atoms with Gasteiger partial charge in [0.05, 0.1) is 0 Å². The van der Waals surface area contributed by atoms with E-state index in [4.69, 9.17) is 0 Å². The first-order valence-electron chi connectivity index (χ1n) is 15.1. The van der Waals surface area contributed by atoms with Gasteiger partial charge in [0.15, 0.2) is 0 Å². The molecule has 1 spiro atoms. The molecule has 0 radical (unpaired) electrons. The summed E-state index contributed by atoms with van der Waals surface area (Å²) in [6.45, 7) is 4.01. The second-order valence-electron chi connectivity index (χ2n) is 11.8. The Bertz CT molecular complexity index is 803. The minimum Gasteiger partial charge on any atom is -0.335 e. The van der Waals surface area contributed by atoms with Crippen LogP contribution in [0.25, 0.3) is 0 Å². The van der Waals surface area contributed by atoms with Gasteiger partial charge in [-0.25, -0.2) is 9.59 Å². The molecule has 1 atom stereocenters. The fourth-order valence-corrected chi connectivity index (χ4v) is 7.61. The lowest BCUT2D eigenvalue weighted by Gasteiger charge is -2.47. The fourth-order valence-electron chi connectivity index (χ4n) is 7.61. The Morgan fingerprint density at radius 1 is 0.833 bits per heavy atom. The van der Waals surface area contributed by atoms with E-state index in [9.17, 15) is 14.4 Å². The van der Waals surface area contributed by atoms with E-state index < -0.39 is 5.79 Å². The Hall–Kier alpha value is -1.83. The number of hydrogen-bond donors (Lipinski definition) is 1. The van der Waals surface area contributed by atoms with Crippen molar-refractivity contribution in [2.45, 2.75) is 140 Å². The van der Waals surface area contributed by atoms with Crippen LogP contribution in [0.15, 0.2) is 0 Å². The first-order chi connectivity index (χ1) is 17.6. The zero-order valence-electron chi connectivity index (χ0n) is 22.4. The number of carbonyl (C=O) groups is 3. The highest BCUT2D eigenvalue weighted by Gasteiger charge is 2.69. The van der Waals surface area contributed by atoms with Crippen LogP contribution >= 0.6 is 0 Å². The van der Waals surface area contributed by atoms with Crippen molar-refractivity contribution in [2.75, 3.05) is 19.6 Å². The number of hydrogen-bond acceptors (Lipinski definition) is 4. The predicted molar refractivity (Wildman–Crippen MR) is 139 cm³/mol. The van der Waals surface area contributed by atoms with Crippen LogP contribution in [0.3, 0.4) is 0 Å². The van der Waals surface area contributed by atoms with Crippen molar-refractivity contribution in [1.29, 1.82) is 0 Å². The second-order valence-corrected chi connectivity index (χ2v) is 11.8. The highest BCUT2D eigenvalue weighted by Crippen LogP contribution is 2.45. The molecule has 1 unspecified atom stereocenters. The summed E-state index contributed by atoms with van der Waals surface area (Å²) in [6.07, 6.45) is 17.7. The SMILES string of the molecule is CCCCN1CCN(C(=O)NC2CCCCC2)C12C(=O)N(C1CCCCC1)C(=O)N2C1CCCCC1. The molecule has 0 aromatic carbocycles. The average Bonchev–Trinajstić information content (AvgIpc) is 3.39. The van der Waals surface area contributed by atoms with E-state index >= 15 is 0 Å². The Balaban J connectivity index is 1.53. The minimum absolute atomic E-state index is 0.0102. The zero-order chi connectivity index (χ0) is 25.1. The van der Waals surface area contributed by atoms with Gasteiger partial charge in [-0.1, -0.05) is 71.1 Å². The van der Waals surface area contributed by atoms with Crippen molar-refractivity contribution in [3.8, 4) is 0 Å². The lowest BCUT2D eigenvalue weighted by atomic mass is 9.93. The van der Waals surface area contributed by atoms with Crippen molar-refractivity contribution in [1.82, 2.24) is 24.9 Å². The zero-order valence-corrected chi connectivity index (χ0v) is 22.4. The molecular formula is C28H47N5O3. The highest BCUT2D eigenvalue weighted by molar-refractivity contribution is 6.08. The summed E-state index contributed by atoms with van der Waals surface area (Å²) >= 11 is 0. The molecular weight excluding hydrogens is 454 g/mol. The van der Waals surface area contributed by atoms with Crippen molar-refractivity contribution >= 4 is 18.0 Å². The summed E-state index contributed by atoms with van der Waals surface area (Å²) in [6, 6.07) is -0.166. The van der Waals surface area contributed by atoms with Crippen LogP contribution in [-0.2, 0) is 4.79 Å². The van der Waals surface area contributed by atoms with Crippen LogP contribution in [-0.4, -0.2) is 81.1 Å². The molecule has 5 amide bonds. The number of amides is 5. The third-order valence-corrected chi connectivity index (χ3v) is 9.50. The van der Waals surface area contributed by atoms with Crippen molar-refractivity contribution < 1.29 is 14.4 Å². The van der Waals surface area contributed by atoms with Gasteiger partial charge in [-0.05, 0) is 44.9 Å². The molecule has 0 aromatic rings. The molecule has 3 saturated carbocycles. The molecule has 2 heterocycles. The van der Waals surface area contributed by atoms with Gasteiger partial charge in [0.2, 0.25) is 0 Å². The van der Waals surface area contributed by atoms with Crippen LogP contribution in [0.1, 0.15) is 116 Å². The van der Waals surface area contributed by atoms with Crippen LogP contribution in [0, 0.1) is 0 Å². The molecule has 2 saturated heterocycles. The van der Waals surface area contributed by atoms with Gasteiger partial charge < -0.3 is 5.32 Å².